The number of hydrogen-bond donors (Lipinski definition) is 1. The fourth-order valence-electron chi connectivity index (χ4n) is 2.33. The Hall–Kier alpha value is -2.22. The molecular weight excluding hydrogens is 281 g/mol. The second-order valence-corrected chi connectivity index (χ2v) is 4.93. The predicted octanol–water partition coefficient (Wildman–Crippen LogP) is 1.57. The predicted molar refractivity (Wildman–Crippen MR) is 73.4 cm³/mol. The van der Waals surface area contributed by atoms with Gasteiger partial charge in [0.25, 0.3) is 11.6 Å². The zero-order valence-corrected chi connectivity index (χ0v) is 11.5. The first-order valence-electron chi connectivity index (χ1n) is 6.51. The van der Waals surface area contributed by atoms with E-state index in [0.29, 0.717) is 13.2 Å². The normalized spacial score (nSPS) is 17.7. The number of amides is 1. The molecule has 0 bridgehead atoms. The first-order valence-corrected chi connectivity index (χ1v) is 6.51. The van der Waals surface area contributed by atoms with E-state index in [0.717, 1.165) is 25.0 Å². The van der Waals surface area contributed by atoms with Crippen molar-refractivity contribution >= 4 is 17.3 Å². The summed E-state index contributed by atoms with van der Waals surface area (Å²) in [4.78, 5) is 23.6. The Kier molecular flexibility index (Phi) is 4.37. The number of carbonyl (C=O) groups is 1. The number of carbonyl (C=O) groups excluding carboxylic acids is 1. The topological polar surface area (TPSA) is 98.7 Å². The Morgan fingerprint density at radius 1 is 1.62 bits per heavy atom. The van der Waals surface area contributed by atoms with E-state index in [4.69, 9.17) is 10.5 Å². The zero-order valence-electron chi connectivity index (χ0n) is 11.5. The summed E-state index contributed by atoms with van der Waals surface area (Å²) < 4.78 is 19.2. The highest BCUT2D eigenvalue weighted by Crippen LogP contribution is 2.28. The highest BCUT2D eigenvalue weighted by Gasteiger charge is 2.27. The average Bonchev–Trinajstić information content (AvgIpc) is 2.90. The smallest absolute Gasteiger partial charge is 0.293 e. The van der Waals surface area contributed by atoms with Crippen LogP contribution >= 0.6 is 0 Å². The van der Waals surface area contributed by atoms with Crippen LogP contribution < -0.4 is 5.73 Å². The van der Waals surface area contributed by atoms with E-state index >= 15 is 0 Å². The number of nitro benzene ring substituents is 1. The highest BCUT2D eigenvalue weighted by atomic mass is 19.1. The molecule has 0 aliphatic carbocycles. The Balaban J connectivity index is 2.25. The Morgan fingerprint density at radius 3 is 2.90 bits per heavy atom. The van der Waals surface area contributed by atoms with Crippen molar-refractivity contribution in [2.24, 2.45) is 0 Å². The summed E-state index contributed by atoms with van der Waals surface area (Å²) in [7, 11) is 1.49. The molecule has 1 atom stereocenters. The van der Waals surface area contributed by atoms with E-state index in [-0.39, 0.29) is 6.10 Å². The molecular formula is C13H16FN3O4. The number of hydrogen-bond acceptors (Lipinski definition) is 5. The Labute approximate surface area is 120 Å². The van der Waals surface area contributed by atoms with Crippen molar-refractivity contribution in [3.63, 3.8) is 0 Å². The molecule has 1 unspecified atom stereocenters. The number of ether oxygens (including phenoxy) is 1. The number of rotatable bonds is 4. The van der Waals surface area contributed by atoms with Crippen molar-refractivity contribution in [1.82, 2.24) is 4.90 Å². The summed E-state index contributed by atoms with van der Waals surface area (Å²) in [6.07, 6.45) is 1.65. The molecule has 1 saturated heterocycles. The van der Waals surface area contributed by atoms with Crippen molar-refractivity contribution in [2.45, 2.75) is 18.9 Å². The number of nitrogens with two attached hydrogens (primary N) is 1. The second-order valence-electron chi connectivity index (χ2n) is 4.93. The maximum Gasteiger partial charge on any atom is 0.293 e. The molecule has 0 radical (unpaired) electrons. The van der Waals surface area contributed by atoms with E-state index in [1.807, 2.05) is 0 Å². The minimum atomic E-state index is -0.873. The van der Waals surface area contributed by atoms with Gasteiger partial charge in [-0.2, -0.15) is 0 Å². The lowest BCUT2D eigenvalue weighted by Crippen LogP contribution is -2.35. The Bertz CT molecular complexity index is 573. The van der Waals surface area contributed by atoms with Gasteiger partial charge in [-0.05, 0) is 18.9 Å². The van der Waals surface area contributed by atoms with Crippen molar-refractivity contribution < 1.29 is 18.8 Å². The van der Waals surface area contributed by atoms with E-state index < -0.39 is 33.6 Å². The number of nitrogen functional groups attached to an aromatic ring is 1. The van der Waals surface area contributed by atoms with Crippen LogP contribution in [0.1, 0.15) is 23.2 Å². The monoisotopic (exact) mass is 297 g/mol. The number of nitro groups is 1. The molecule has 1 heterocycles. The summed E-state index contributed by atoms with van der Waals surface area (Å²) >= 11 is 0. The van der Waals surface area contributed by atoms with Gasteiger partial charge >= 0.3 is 0 Å². The maximum atomic E-state index is 13.8. The molecule has 8 heteroatoms. The molecule has 0 saturated carbocycles. The minimum absolute atomic E-state index is 0.0954. The Morgan fingerprint density at radius 2 is 2.33 bits per heavy atom. The van der Waals surface area contributed by atoms with Crippen LogP contribution in [0, 0.1) is 15.9 Å². The molecule has 2 rings (SSSR count). The van der Waals surface area contributed by atoms with Crippen LogP contribution in [0.2, 0.25) is 0 Å². The molecule has 1 amide bonds. The molecule has 1 aliphatic rings. The average molecular weight is 297 g/mol. The number of anilines is 1. The highest BCUT2D eigenvalue weighted by molar-refractivity contribution is 6.01. The summed E-state index contributed by atoms with van der Waals surface area (Å²) in [5.74, 6) is -1.56. The van der Waals surface area contributed by atoms with Crippen LogP contribution in [-0.2, 0) is 4.74 Å². The molecule has 2 N–H and O–H groups in total. The van der Waals surface area contributed by atoms with E-state index in [2.05, 4.69) is 0 Å². The minimum Gasteiger partial charge on any atom is -0.392 e. The van der Waals surface area contributed by atoms with E-state index in [1.54, 1.807) is 0 Å². The van der Waals surface area contributed by atoms with Gasteiger partial charge in [0.05, 0.1) is 11.0 Å². The van der Waals surface area contributed by atoms with Crippen LogP contribution in [0.25, 0.3) is 0 Å². The first kappa shape index (κ1) is 15.2. The van der Waals surface area contributed by atoms with Crippen molar-refractivity contribution in [1.29, 1.82) is 0 Å². The van der Waals surface area contributed by atoms with Gasteiger partial charge in [-0.3, -0.25) is 14.9 Å². The van der Waals surface area contributed by atoms with Crippen LogP contribution in [0.5, 0.6) is 0 Å². The van der Waals surface area contributed by atoms with Crippen LogP contribution in [0.4, 0.5) is 15.8 Å². The van der Waals surface area contributed by atoms with Crippen molar-refractivity contribution in [2.75, 3.05) is 25.9 Å². The number of halogens is 1. The summed E-state index contributed by atoms with van der Waals surface area (Å²) in [6.45, 7) is 0.931. The van der Waals surface area contributed by atoms with Gasteiger partial charge in [-0.15, -0.1) is 0 Å². The summed E-state index contributed by atoms with van der Waals surface area (Å²) in [5.41, 5.74) is 4.17. The molecule has 1 aromatic rings. The van der Waals surface area contributed by atoms with Crippen LogP contribution in [0.3, 0.4) is 0 Å². The van der Waals surface area contributed by atoms with Gasteiger partial charge in [0, 0.05) is 26.3 Å². The quantitative estimate of drug-likeness (QED) is 0.516. The number of nitrogens with zero attached hydrogens (tertiary/aromatic N) is 2. The lowest BCUT2D eigenvalue weighted by atomic mass is 10.1. The fourth-order valence-corrected chi connectivity index (χ4v) is 2.33. The number of benzene rings is 1. The van der Waals surface area contributed by atoms with Crippen molar-refractivity contribution in [3.8, 4) is 0 Å². The molecule has 114 valence electrons. The van der Waals surface area contributed by atoms with Gasteiger partial charge in [0.15, 0.2) is 0 Å². The molecule has 7 nitrogen and oxygen atoms in total. The lowest BCUT2D eigenvalue weighted by molar-refractivity contribution is -0.384. The van der Waals surface area contributed by atoms with Crippen LogP contribution in [-0.4, -0.2) is 42.0 Å². The van der Waals surface area contributed by atoms with Gasteiger partial charge in [-0.1, -0.05) is 0 Å². The van der Waals surface area contributed by atoms with Crippen LogP contribution in [0.15, 0.2) is 12.1 Å². The third-order valence-electron chi connectivity index (χ3n) is 3.43. The third kappa shape index (κ3) is 3.10. The number of likely N-dealkylation sites (N-methyl/N-ethyl adjacent to an activating group) is 1. The molecule has 21 heavy (non-hydrogen) atoms. The zero-order chi connectivity index (χ0) is 15.6. The molecule has 0 spiro atoms. The van der Waals surface area contributed by atoms with Gasteiger partial charge < -0.3 is 15.4 Å². The molecule has 0 aromatic heterocycles. The van der Waals surface area contributed by atoms with Gasteiger partial charge in [0.2, 0.25) is 0 Å². The van der Waals surface area contributed by atoms with E-state index in [9.17, 15) is 19.3 Å². The molecule has 1 aliphatic heterocycles. The molecule has 1 fully saturated rings. The summed E-state index contributed by atoms with van der Waals surface area (Å²) in [6, 6.07) is 1.82. The largest absolute Gasteiger partial charge is 0.392 e. The summed E-state index contributed by atoms with van der Waals surface area (Å²) in [5, 5.41) is 10.8. The molecule has 1 aromatic carbocycles. The fraction of sp³-hybridized carbons (Fsp3) is 0.462. The van der Waals surface area contributed by atoms with Gasteiger partial charge in [0.1, 0.15) is 17.1 Å². The van der Waals surface area contributed by atoms with Crippen molar-refractivity contribution in [3.05, 3.63) is 33.6 Å². The first-order chi connectivity index (χ1) is 9.91. The standard InChI is InChI=1S/C13H16FN3O4/c1-16(7-8-3-2-6-21-8)13(18)11-9(14)4-5-10(12(11)15)17(19)20/h4-5,8H,2-3,6-7,15H2,1H3. The van der Waals surface area contributed by atoms with Gasteiger partial charge in [-0.25, -0.2) is 4.39 Å². The maximum absolute atomic E-state index is 13.8. The third-order valence-corrected chi connectivity index (χ3v) is 3.43. The SMILES string of the molecule is CN(CC1CCCO1)C(=O)c1c(F)ccc([N+](=O)[O-])c1N. The van der Waals surface area contributed by atoms with E-state index in [1.165, 1.54) is 11.9 Å². The second kappa shape index (κ2) is 6.04. The lowest BCUT2D eigenvalue weighted by Gasteiger charge is -2.21.